The number of carbonyl (C=O) groups is 4. The van der Waals surface area contributed by atoms with Gasteiger partial charge >= 0.3 is 39.5 Å². The van der Waals surface area contributed by atoms with Crippen LogP contribution in [0.2, 0.25) is 0 Å². The number of aliphatic hydroxyl groups is 1. The van der Waals surface area contributed by atoms with Crippen molar-refractivity contribution in [3.05, 3.63) is 0 Å². The van der Waals surface area contributed by atoms with Gasteiger partial charge in [0.05, 0.1) is 26.4 Å². The van der Waals surface area contributed by atoms with Gasteiger partial charge in [0, 0.05) is 25.7 Å². The molecule has 0 saturated carbocycles. The molecule has 0 aromatic heterocycles. The Morgan fingerprint density at radius 1 is 0.321 bits per heavy atom. The van der Waals surface area contributed by atoms with Gasteiger partial charge in [-0.05, 0) is 31.6 Å². The van der Waals surface area contributed by atoms with Gasteiger partial charge in [0.1, 0.15) is 19.3 Å². The summed E-state index contributed by atoms with van der Waals surface area (Å²) in [6, 6.07) is 0. The molecule has 0 bridgehead atoms. The largest absolute Gasteiger partial charge is 0.472 e. The molecule has 0 rings (SSSR count). The second-order valence-corrected chi connectivity index (χ2v) is 26.9. The van der Waals surface area contributed by atoms with Crippen molar-refractivity contribution >= 4 is 39.5 Å². The standard InChI is InChI=1S/C65H126O17P2/c1-6-9-12-15-16-17-18-19-20-21-22-26-29-32-35-40-44-49-63(68)76-55-61(82-65(70)51-46-41-36-33-30-27-24-23-25-28-31-34-39-42-47-58(4)5)57-80-84(73,74)78-53-59(66)52-77-83(71,72)79-56-60(81-64(69)50-45-38-14-11-8-3)54-75-62(67)48-43-37-13-10-7-2/h58-61,66H,6-57H2,1-5H3,(H,71,72)(H,73,74)/t59-,60+,61+/m0/s1. The van der Waals surface area contributed by atoms with Crippen LogP contribution >= 0.6 is 15.6 Å². The summed E-state index contributed by atoms with van der Waals surface area (Å²) in [4.78, 5) is 71.7. The van der Waals surface area contributed by atoms with Gasteiger partial charge in [0.2, 0.25) is 0 Å². The molecule has 2 unspecified atom stereocenters. The lowest BCUT2D eigenvalue weighted by atomic mass is 10.0. The van der Waals surface area contributed by atoms with Crippen molar-refractivity contribution in [3.8, 4) is 0 Å². The highest BCUT2D eigenvalue weighted by Crippen LogP contribution is 2.45. The van der Waals surface area contributed by atoms with Gasteiger partial charge < -0.3 is 33.8 Å². The van der Waals surface area contributed by atoms with E-state index in [0.29, 0.717) is 25.7 Å². The van der Waals surface area contributed by atoms with E-state index in [1.54, 1.807) is 0 Å². The number of carbonyl (C=O) groups excluding carboxylic acids is 4. The molecule has 5 atom stereocenters. The molecule has 0 aliphatic heterocycles. The molecule has 0 amide bonds. The molecule has 0 heterocycles. The predicted octanol–water partition coefficient (Wildman–Crippen LogP) is 18.2. The van der Waals surface area contributed by atoms with Gasteiger partial charge in [-0.25, -0.2) is 9.13 Å². The summed E-state index contributed by atoms with van der Waals surface area (Å²) in [5.74, 6) is -1.36. The van der Waals surface area contributed by atoms with Gasteiger partial charge in [-0.15, -0.1) is 0 Å². The summed E-state index contributed by atoms with van der Waals surface area (Å²) in [5.41, 5.74) is 0. The molecule has 3 N–H and O–H groups in total. The average Bonchev–Trinajstić information content (AvgIpc) is 3.56. The smallest absolute Gasteiger partial charge is 0.462 e. The Morgan fingerprint density at radius 2 is 0.548 bits per heavy atom. The lowest BCUT2D eigenvalue weighted by Gasteiger charge is -2.21. The molecule has 0 fully saturated rings. The molecule has 0 aromatic carbocycles. The van der Waals surface area contributed by atoms with Crippen LogP contribution in [-0.4, -0.2) is 96.7 Å². The second-order valence-electron chi connectivity index (χ2n) is 24.0. The van der Waals surface area contributed by atoms with Crippen LogP contribution < -0.4 is 0 Å². The molecular formula is C65H126O17P2. The number of rotatable bonds is 65. The van der Waals surface area contributed by atoms with Crippen molar-refractivity contribution in [1.29, 1.82) is 0 Å². The maximum absolute atomic E-state index is 13.0. The quantitative estimate of drug-likeness (QED) is 0.0222. The maximum atomic E-state index is 13.0. The summed E-state index contributed by atoms with van der Waals surface area (Å²) in [5, 5.41) is 10.5. The summed E-state index contributed by atoms with van der Waals surface area (Å²) >= 11 is 0. The monoisotopic (exact) mass is 1240 g/mol. The molecule has 0 aromatic rings. The van der Waals surface area contributed by atoms with E-state index in [-0.39, 0.29) is 25.7 Å². The zero-order valence-electron chi connectivity index (χ0n) is 54.0. The van der Waals surface area contributed by atoms with Gasteiger partial charge in [0.15, 0.2) is 12.2 Å². The van der Waals surface area contributed by atoms with Crippen LogP contribution in [-0.2, 0) is 65.4 Å². The Bertz CT molecular complexity index is 1640. The van der Waals surface area contributed by atoms with Crippen molar-refractivity contribution < 1.29 is 80.2 Å². The van der Waals surface area contributed by atoms with E-state index in [0.717, 1.165) is 102 Å². The molecule has 498 valence electrons. The molecule has 0 radical (unpaired) electrons. The zero-order chi connectivity index (χ0) is 62.0. The third kappa shape index (κ3) is 59.0. The van der Waals surface area contributed by atoms with Crippen LogP contribution in [0, 0.1) is 5.92 Å². The third-order valence-corrected chi connectivity index (χ3v) is 16.9. The first-order chi connectivity index (χ1) is 40.5. The normalized spacial score (nSPS) is 14.2. The number of phosphoric acid groups is 2. The van der Waals surface area contributed by atoms with E-state index in [2.05, 4.69) is 34.6 Å². The predicted molar refractivity (Wildman–Crippen MR) is 335 cm³/mol. The number of hydrogen-bond donors (Lipinski definition) is 3. The minimum Gasteiger partial charge on any atom is -0.462 e. The van der Waals surface area contributed by atoms with Crippen LogP contribution in [0.5, 0.6) is 0 Å². The lowest BCUT2D eigenvalue weighted by molar-refractivity contribution is -0.161. The van der Waals surface area contributed by atoms with E-state index >= 15 is 0 Å². The van der Waals surface area contributed by atoms with Crippen molar-refractivity contribution in [2.24, 2.45) is 5.92 Å². The first kappa shape index (κ1) is 82.1. The minimum absolute atomic E-state index is 0.0990. The number of ether oxygens (including phenoxy) is 4. The van der Waals surface area contributed by atoms with Crippen molar-refractivity contribution in [2.75, 3.05) is 39.6 Å². The van der Waals surface area contributed by atoms with Gasteiger partial charge in [0.25, 0.3) is 0 Å². The maximum Gasteiger partial charge on any atom is 0.472 e. The van der Waals surface area contributed by atoms with Gasteiger partial charge in [-0.3, -0.25) is 37.3 Å². The number of aliphatic hydroxyl groups excluding tert-OH is 1. The second kappa shape index (κ2) is 58.7. The minimum atomic E-state index is -4.94. The Balaban J connectivity index is 5.08. The molecule has 0 aliphatic rings. The fourth-order valence-corrected chi connectivity index (χ4v) is 11.3. The number of phosphoric ester groups is 2. The first-order valence-corrected chi connectivity index (χ1v) is 37.1. The molecule has 0 spiro atoms. The van der Waals surface area contributed by atoms with E-state index in [4.69, 9.17) is 37.0 Å². The molecule has 19 heteroatoms. The van der Waals surface area contributed by atoms with Gasteiger partial charge in [-0.2, -0.15) is 0 Å². The molecule has 0 aliphatic carbocycles. The summed E-state index contributed by atoms with van der Waals surface area (Å²) in [6.45, 7) is 7.04. The van der Waals surface area contributed by atoms with E-state index in [1.165, 1.54) is 148 Å². The van der Waals surface area contributed by atoms with Crippen LogP contribution in [0.3, 0.4) is 0 Å². The van der Waals surface area contributed by atoms with Crippen LogP contribution in [0.25, 0.3) is 0 Å². The van der Waals surface area contributed by atoms with Crippen LogP contribution in [0.1, 0.15) is 330 Å². The molecule has 84 heavy (non-hydrogen) atoms. The summed E-state index contributed by atoms with van der Waals surface area (Å²) in [6.07, 6.45) is 44.0. The molecule has 0 saturated heterocycles. The van der Waals surface area contributed by atoms with E-state index in [9.17, 15) is 43.2 Å². The topological polar surface area (TPSA) is 237 Å². The fourth-order valence-electron chi connectivity index (χ4n) is 9.76. The van der Waals surface area contributed by atoms with E-state index < -0.39 is 97.5 Å². The lowest BCUT2D eigenvalue weighted by Crippen LogP contribution is -2.30. The highest BCUT2D eigenvalue weighted by molar-refractivity contribution is 7.47. The van der Waals surface area contributed by atoms with Crippen LogP contribution in [0.15, 0.2) is 0 Å². The summed E-state index contributed by atoms with van der Waals surface area (Å²) in [7, 11) is -9.87. The van der Waals surface area contributed by atoms with Crippen molar-refractivity contribution in [2.45, 2.75) is 348 Å². The van der Waals surface area contributed by atoms with Crippen molar-refractivity contribution in [3.63, 3.8) is 0 Å². The Labute approximate surface area is 511 Å². The first-order valence-electron chi connectivity index (χ1n) is 34.1. The van der Waals surface area contributed by atoms with Gasteiger partial charge in [-0.1, -0.05) is 279 Å². The Hall–Kier alpha value is -1.94. The summed E-state index contributed by atoms with van der Waals surface area (Å²) < 4.78 is 67.6. The highest BCUT2D eigenvalue weighted by atomic mass is 31.2. The molecular weight excluding hydrogens is 1110 g/mol. The number of hydrogen-bond acceptors (Lipinski definition) is 15. The third-order valence-electron chi connectivity index (χ3n) is 15.0. The number of unbranched alkanes of at least 4 members (excludes halogenated alkanes) is 37. The Morgan fingerprint density at radius 3 is 0.810 bits per heavy atom. The van der Waals surface area contributed by atoms with E-state index in [1.807, 2.05) is 0 Å². The van der Waals surface area contributed by atoms with Crippen LogP contribution in [0.4, 0.5) is 0 Å². The SMILES string of the molecule is CCCCCCCCCCCCCCCCCCCC(=O)OC[C@H](COP(=O)(O)OC[C@@H](O)COP(=O)(O)OC[C@@H](COC(=O)CCCCCCC)OC(=O)CCCCCCC)OC(=O)CCCCCCCCCCCCCCCCC(C)C. The fraction of sp³-hybridized carbons (Fsp3) is 0.938. The zero-order valence-corrected chi connectivity index (χ0v) is 55.8. The highest BCUT2D eigenvalue weighted by Gasteiger charge is 2.30. The number of esters is 4. The molecule has 17 nitrogen and oxygen atoms in total. The van der Waals surface area contributed by atoms with Crippen molar-refractivity contribution in [1.82, 2.24) is 0 Å². The Kier molecular flexibility index (Phi) is 57.4. The average molecular weight is 1240 g/mol.